The second-order valence-corrected chi connectivity index (χ2v) is 5.24. The van der Waals surface area contributed by atoms with Gasteiger partial charge in [-0.1, -0.05) is 32.8 Å². The zero-order valence-corrected chi connectivity index (χ0v) is 12.6. The molecule has 2 aromatic heterocycles. The average Bonchev–Trinajstić information content (AvgIpc) is 2.51. The monoisotopic (exact) mass is 268 g/mol. The van der Waals surface area contributed by atoms with Crippen molar-refractivity contribution in [2.24, 2.45) is 0 Å². The third-order valence-corrected chi connectivity index (χ3v) is 3.57. The van der Waals surface area contributed by atoms with E-state index in [9.17, 15) is 0 Å². The molecular weight excluding hydrogens is 244 g/mol. The first-order chi connectivity index (χ1) is 9.85. The second-order valence-electron chi connectivity index (χ2n) is 5.24. The Bertz CT molecular complexity index is 534. The molecule has 2 heteroatoms. The van der Waals surface area contributed by atoms with Crippen molar-refractivity contribution >= 4 is 0 Å². The van der Waals surface area contributed by atoms with Crippen molar-refractivity contribution in [3.8, 4) is 11.1 Å². The minimum absolute atomic E-state index is 1.05. The van der Waals surface area contributed by atoms with Crippen LogP contribution in [-0.4, -0.2) is 9.97 Å². The molecule has 0 saturated heterocycles. The topological polar surface area (TPSA) is 25.8 Å². The standard InChI is InChI=1S/C18H24N2/c1-3-5-8-16-14-15(11-13-19-16)17-9-7-12-20-18(17)10-6-4-2/h7,9,11-14H,3-6,8,10H2,1-2H3. The van der Waals surface area contributed by atoms with Gasteiger partial charge < -0.3 is 0 Å². The Morgan fingerprint density at radius 1 is 0.900 bits per heavy atom. The van der Waals surface area contributed by atoms with Crippen LogP contribution in [0.1, 0.15) is 50.9 Å². The third-order valence-electron chi connectivity index (χ3n) is 3.57. The predicted molar refractivity (Wildman–Crippen MR) is 84.7 cm³/mol. The third kappa shape index (κ3) is 3.89. The average molecular weight is 268 g/mol. The number of hydrogen-bond donors (Lipinski definition) is 0. The fourth-order valence-corrected chi connectivity index (χ4v) is 2.38. The van der Waals surface area contributed by atoms with E-state index in [0.29, 0.717) is 0 Å². The molecule has 2 nitrogen and oxygen atoms in total. The van der Waals surface area contributed by atoms with Gasteiger partial charge in [0.15, 0.2) is 0 Å². The van der Waals surface area contributed by atoms with Crippen molar-refractivity contribution in [2.75, 3.05) is 0 Å². The highest BCUT2D eigenvalue weighted by Crippen LogP contribution is 2.24. The van der Waals surface area contributed by atoms with E-state index in [4.69, 9.17) is 0 Å². The predicted octanol–water partition coefficient (Wildman–Crippen LogP) is 4.83. The molecule has 0 unspecified atom stereocenters. The summed E-state index contributed by atoms with van der Waals surface area (Å²) in [6.45, 7) is 4.44. The highest BCUT2D eigenvalue weighted by atomic mass is 14.7. The second kappa shape index (κ2) is 7.78. The number of unbranched alkanes of at least 4 members (excludes halogenated alkanes) is 2. The van der Waals surface area contributed by atoms with E-state index in [2.05, 4.69) is 42.0 Å². The zero-order valence-electron chi connectivity index (χ0n) is 12.6. The van der Waals surface area contributed by atoms with Crippen molar-refractivity contribution in [1.29, 1.82) is 0 Å². The van der Waals surface area contributed by atoms with Gasteiger partial charge in [0.2, 0.25) is 0 Å². The van der Waals surface area contributed by atoms with Crippen LogP contribution in [0.4, 0.5) is 0 Å². The Balaban J connectivity index is 2.26. The maximum atomic E-state index is 4.56. The van der Waals surface area contributed by atoms with Gasteiger partial charge >= 0.3 is 0 Å². The van der Waals surface area contributed by atoms with Gasteiger partial charge in [0, 0.05) is 29.3 Å². The summed E-state index contributed by atoms with van der Waals surface area (Å²) in [4.78, 5) is 9.04. The molecule has 2 aromatic rings. The molecule has 0 aliphatic rings. The molecule has 106 valence electrons. The van der Waals surface area contributed by atoms with Gasteiger partial charge in [-0.2, -0.15) is 0 Å². The summed E-state index contributed by atoms with van der Waals surface area (Å²) < 4.78 is 0. The summed E-state index contributed by atoms with van der Waals surface area (Å²) in [5, 5.41) is 0. The summed E-state index contributed by atoms with van der Waals surface area (Å²) in [5.41, 5.74) is 4.92. The van der Waals surface area contributed by atoms with E-state index in [1.54, 1.807) is 0 Å². The van der Waals surface area contributed by atoms with Gasteiger partial charge in [-0.25, -0.2) is 0 Å². The van der Waals surface area contributed by atoms with Crippen LogP contribution in [0.3, 0.4) is 0 Å². The summed E-state index contributed by atoms with van der Waals surface area (Å²) >= 11 is 0. The van der Waals surface area contributed by atoms with E-state index in [-0.39, 0.29) is 0 Å². The summed E-state index contributed by atoms with van der Waals surface area (Å²) in [6, 6.07) is 8.53. The molecule has 0 radical (unpaired) electrons. The number of aryl methyl sites for hydroxylation is 2. The quantitative estimate of drug-likeness (QED) is 0.719. The molecule has 0 spiro atoms. The van der Waals surface area contributed by atoms with Crippen molar-refractivity contribution in [3.63, 3.8) is 0 Å². The smallest absolute Gasteiger partial charge is 0.0481 e. The van der Waals surface area contributed by atoms with Crippen LogP contribution in [0, 0.1) is 0 Å². The molecular formula is C18H24N2. The van der Waals surface area contributed by atoms with Gasteiger partial charge in [-0.05, 0) is 49.4 Å². The summed E-state index contributed by atoms with van der Waals surface area (Å²) in [7, 11) is 0. The zero-order chi connectivity index (χ0) is 14.2. The van der Waals surface area contributed by atoms with E-state index in [1.807, 2.05) is 18.5 Å². The molecule has 20 heavy (non-hydrogen) atoms. The maximum Gasteiger partial charge on any atom is 0.0481 e. The Hall–Kier alpha value is -1.70. The van der Waals surface area contributed by atoms with Crippen LogP contribution in [-0.2, 0) is 12.8 Å². The molecule has 0 fully saturated rings. The molecule has 0 amide bonds. The van der Waals surface area contributed by atoms with Crippen LogP contribution < -0.4 is 0 Å². The Morgan fingerprint density at radius 2 is 1.70 bits per heavy atom. The molecule has 2 heterocycles. The van der Waals surface area contributed by atoms with E-state index in [1.165, 1.54) is 48.2 Å². The largest absolute Gasteiger partial charge is 0.261 e. The highest BCUT2D eigenvalue weighted by molar-refractivity contribution is 5.65. The van der Waals surface area contributed by atoms with Crippen molar-refractivity contribution in [2.45, 2.75) is 52.4 Å². The Morgan fingerprint density at radius 3 is 2.50 bits per heavy atom. The molecule has 0 aromatic carbocycles. The molecule has 0 aliphatic carbocycles. The van der Waals surface area contributed by atoms with Gasteiger partial charge in [0.1, 0.15) is 0 Å². The summed E-state index contributed by atoms with van der Waals surface area (Å²) in [5.74, 6) is 0. The summed E-state index contributed by atoms with van der Waals surface area (Å²) in [6.07, 6.45) is 10.7. The normalized spacial score (nSPS) is 10.7. The maximum absolute atomic E-state index is 4.56. The first-order valence-corrected chi connectivity index (χ1v) is 7.74. The number of hydrogen-bond acceptors (Lipinski definition) is 2. The Labute approximate surface area is 122 Å². The number of rotatable bonds is 7. The molecule has 0 aliphatic heterocycles. The highest BCUT2D eigenvalue weighted by Gasteiger charge is 2.06. The molecule has 0 N–H and O–H groups in total. The van der Waals surface area contributed by atoms with Crippen LogP contribution in [0.25, 0.3) is 11.1 Å². The first-order valence-electron chi connectivity index (χ1n) is 7.74. The van der Waals surface area contributed by atoms with Crippen LogP contribution >= 0.6 is 0 Å². The fourth-order valence-electron chi connectivity index (χ4n) is 2.38. The van der Waals surface area contributed by atoms with Crippen molar-refractivity contribution in [3.05, 3.63) is 48.0 Å². The van der Waals surface area contributed by atoms with Gasteiger partial charge in [-0.15, -0.1) is 0 Å². The SMILES string of the molecule is CCCCc1cc(-c2cccnc2CCCC)ccn1. The molecule has 0 bridgehead atoms. The minimum Gasteiger partial charge on any atom is -0.261 e. The Kier molecular flexibility index (Phi) is 5.72. The lowest BCUT2D eigenvalue weighted by Gasteiger charge is -2.09. The lowest BCUT2D eigenvalue weighted by Crippen LogP contribution is -1.96. The minimum atomic E-state index is 1.05. The lowest BCUT2D eigenvalue weighted by molar-refractivity contribution is 0.774. The van der Waals surface area contributed by atoms with E-state index in [0.717, 1.165) is 12.8 Å². The molecule has 0 saturated carbocycles. The van der Waals surface area contributed by atoms with Gasteiger partial charge in [-0.3, -0.25) is 9.97 Å². The van der Waals surface area contributed by atoms with E-state index < -0.39 is 0 Å². The van der Waals surface area contributed by atoms with Crippen LogP contribution in [0.2, 0.25) is 0 Å². The number of aromatic nitrogens is 2. The van der Waals surface area contributed by atoms with E-state index >= 15 is 0 Å². The van der Waals surface area contributed by atoms with Gasteiger partial charge in [0.05, 0.1) is 0 Å². The van der Waals surface area contributed by atoms with Crippen LogP contribution in [0.5, 0.6) is 0 Å². The molecule has 2 rings (SSSR count). The number of pyridine rings is 2. The fraction of sp³-hybridized carbons (Fsp3) is 0.444. The van der Waals surface area contributed by atoms with Gasteiger partial charge in [0.25, 0.3) is 0 Å². The number of nitrogens with zero attached hydrogens (tertiary/aromatic N) is 2. The van der Waals surface area contributed by atoms with Crippen LogP contribution in [0.15, 0.2) is 36.7 Å². The lowest BCUT2D eigenvalue weighted by atomic mass is 10.0. The van der Waals surface area contributed by atoms with Crippen molar-refractivity contribution < 1.29 is 0 Å². The molecule has 0 atom stereocenters. The first kappa shape index (κ1) is 14.7. The van der Waals surface area contributed by atoms with Crippen molar-refractivity contribution in [1.82, 2.24) is 9.97 Å².